The number of H-pyrrole nitrogens is 1. The third-order valence-electron chi connectivity index (χ3n) is 4.76. The number of hydrogen-bond acceptors (Lipinski definition) is 4. The minimum Gasteiger partial charge on any atom is -0.493 e. The molecule has 28 heavy (non-hydrogen) atoms. The summed E-state index contributed by atoms with van der Waals surface area (Å²) in [6.45, 7) is 0.158. The highest BCUT2D eigenvalue weighted by Gasteiger charge is 2.32. The maximum Gasteiger partial charge on any atom is 0.226 e. The summed E-state index contributed by atoms with van der Waals surface area (Å²) in [7, 11) is 1.58. The Morgan fingerprint density at radius 1 is 1.21 bits per heavy atom. The van der Waals surface area contributed by atoms with E-state index in [1.165, 1.54) is 0 Å². The second kappa shape index (κ2) is 7.49. The van der Waals surface area contributed by atoms with Crippen LogP contribution in [0.15, 0.2) is 48.5 Å². The first-order chi connectivity index (χ1) is 13.7. The molecular weight excluding hydrogens is 354 g/mol. The van der Waals surface area contributed by atoms with Gasteiger partial charge >= 0.3 is 0 Å². The average Bonchev–Trinajstić information content (AvgIpc) is 3.16. The van der Waals surface area contributed by atoms with Crippen LogP contribution in [-0.4, -0.2) is 29.8 Å². The smallest absolute Gasteiger partial charge is 0.226 e. The molecule has 1 amide bonds. The van der Waals surface area contributed by atoms with Crippen LogP contribution in [0.4, 0.5) is 5.82 Å². The summed E-state index contributed by atoms with van der Waals surface area (Å²) in [4.78, 5) is 12.3. The Bertz CT molecular complexity index is 1050. The first-order valence-electron chi connectivity index (χ1n) is 8.89. The number of fused-ring (bicyclic) bond motifs is 1. The predicted molar refractivity (Wildman–Crippen MR) is 106 cm³/mol. The number of anilines is 1. The van der Waals surface area contributed by atoms with Gasteiger partial charge in [-0.25, -0.2) is 0 Å². The van der Waals surface area contributed by atoms with Crippen molar-refractivity contribution in [1.29, 1.82) is 0 Å². The van der Waals surface area contributed by atoms with Gasteiger partial charge in [-0.15, -0.1) is 6.42 Å². The molecule has 6 nitrogen and oxygen atoms in total. The Kier molecular flexibility index (Phi) is 4.73. The van der Waals surface area contributed by atoms with Crippen molar-refractivity contribution in [2.75, 3.05) is 19.0 Å². The molecule has 2 aromatic carbocycles. The van der Waals surface area contributed by atoms with E-state index in [1.807, 2.05) is 48.5 Å². The average molecular weight is 373 g/mol. The molecule has 1 atom stereocenters. The van der Waals surface area contributed by atoms with E-state index in [4.69, 9.17) is 15.9 Å². The number of nitrogens with one attached hydrogen (secondary N) is 2. The third-order valence-corrected chi connectivity index (χ3v) is 4.76. The molecule has 1 aromatic heterocycles. The number of benzene rings is 2. The second-order valence-electron chi connectivity index (χ2n) is 6.43. The summed E-state index contributed by atoms with van der Waals surface area (Å²) in [6.07, 6.45) is 5.59. The van der Waals surface area contributed by atoms with E-state index in [0.717, 1.165) is 22.4 Å². The SMILES string of the molecule is C#CCOc1ccc([C@@H]2CC(=O)Nc3n[nH]c(-c4ccccc4)c32)cc1OC. The molecular formula is C22H19N3O3. The van der Waals surface area contributed by atoms with Gasteiger partial charge < -0.3 is 14.8 Å². The van der Waals surface area contributed by atoms with Crippen molar-refractivity contribution in [3.63, 3.8) is 0 Å². The normalized spacial score (nSPS) is 15.3. The lowest BCUT2D eigenvalue weighted by Crippen LogP contribution is -2.23. The molecule has 1 aliphatic rings. The number of ether oxygens (including phenoxy) is 2. The molecule has 0 unspecified atom stereocenters. The van der Waals surface area contributed by atoms with Crippen LogP contribution in [0.2, 0.25) is 0 Å². The van der Waals surface area contributed by atoms with E-state index in [1.54, 1.807) is 7.11 Å². The van der Waals surface area contributed by atoms with Gasteiger partial charge in [0.1, 0.15) is 6.61 Å². The lowest BCUT2D eigenvalue weighted by molar-refractivity contribution is -0.116. The van der Waals surface area contributed by atoms with Crippen LogP contribution in [0.25, 0.3) is 11.3 Å². The maximum atomic E-state index is 12.3. The number of methoxy groups -OCH3 is 1. The van der Waals surface area contributed by atoms with Crippen LogP contribution in [0, 0.1) is 12.3 Å². The summed E-state index contributed by atoms with van der Waals surface area (Å²) in [5, 5.41) is 10.3. The Balaban J connectivity index is 1.79. The van der Waals surface area contributed by atoms with E-state index >= 15 is 0 Å². The fourth-order valence-electron chi connectivity index (χ4n) is 3.50. The molecule has 0 aliphatic carbocycles. The zero-order chi connectivity index (χ0) is 19.5. The monoisotopic (exact) mass is 373 g/mol. The number of amides is 1. The fourth-order valence-corrected chi connectivity index (χ4v) is 3.50. The van der Waals surface area contributed by atoms with E-state index < -0.39 is 0 Å². The van der Waals surface area contributed by atoms with E-state index in [-0.39, 0.29) is 18.4 Å². The van der Waals surface area contributed by atoms with Gasteiger partial charge in [0.25, 0.3) is 0 Å². The van der Waals surface area contributed by atoms with Gasteiger partial charge in [0.2, 0.25) is 5.91 Å². The molecule has 0 saturated heterocycles. The van der Waals surface area contributed by atoms with Crippen LogP contribution in [0.5, 0.6) is 11.5 Å². The number of aromatic amines is 1. The summed E-state index contributed by atoms with van der Waals surface area (Å²) in [5.74, 6) is 3.92. The van der Waals surface area contributed by atoms with Gasteiger partial charge in [0.05, 0.1) is 12.8 Å². The van der Waals surface area contributed by atoms with E-state index in [0.29, 0.717) is 23.7 Å². The molecule has 6 heteroatoms. The highest BCUT2D eigenvalue weighted by atomic mass is 16.5. The summed E-state index contributed by atoms with van der Waals surface area (Å²) in [5.41, 5.74) is 3.82. The molecule has 2 N–H and O–H groups in total. The lowest BCUT2D eigenvalue weighted by Gasteiger charge is -2.24. The molecule has 1 aliphatic heterocycles. The van der Waals surface area contributed by atoms with Crippen molar-refractivity contribution in [2.24, 2.45) is 0 Å². The molecule has 4 rings (SSSR count). The Hall–Kier alpha value is -3.72. The van der Waals surface area contributed by atoms with E-state index in [9.17, 15) is 4.79 Å². The fraction of sp³-hybridized carbons (Fsp3) is 0.182. The van der Waals surface area contributed by atoms with Crippen LogP contribution in [0.3, 0.4) is 0 Å². The molecule has 0 saturated carbocycles. The molecule has 140 valence electrons. The highest BCUT2D eigenvalue weighted by molar-refractivity contribution is 5.96. The predicted octanol–water partition coefficient (Wildman–Crippen LogP) is 3.57. The quantitative estimate of drug-likeness (QED) is 0.671. The molecule has 0 spiro atoms. The third kappa shape index (κ3) is 3.19. The molecule has 3 aromatic rings. The van der Waals surface area contributed by atoms with Gasteiger partial charge in [-0.2, -0.15) is 5.10 Å². The summed E-state index contributed by atoms with van der Waals surface area (Å²) >= 11 is 0. The number of rotatable bonds is 5. The van der Waals surface area contributed by atoms with Gasteiger partial charge in [0, 0.05) is 17.9 Å². The van der Waals surface area contributed by atoms with Crippen molar-refractivity contribution in [2.45, 2.75) is 12.3 Å². The van der Waals surface area contributed by atoms with Crippen molar-refractivity contribution >= 4 is 11.7 Å². The van der Waals surface area contributed by atoms with Crippen LogP contribution in [0.1, 0.15) is 23.5 Å². The Morgan fingerprint density at radius 3 is 2.79 bits per heavy atom. The highest BCUT2D eigenvalue weighted by Crippen LogP contribution is 2.43. The standard InChI is InChI=1S/C22H19N3O3/c1-3-11-28-17-10-9-15(12-18(17)27-2)16-13-19(26)23-22-20(16)21(24-25-22)14-7-5-4-6-8-14/h1,4-10,12,16H,11,13H2,2H3,(H2,23,24,25,26)/t16-/m0/s1. The second-order valence-corrected chi connectivity index (χ2v) is 6.43. The number of aromatic nitrogens is 2. The largest absolute Gasteiger partial charge is 0.493 e. The molecule has 2 heterocycles. The van der Waals surface area contributed by atoms with Crippen LogP contribution in [-0.2, 0) is 4.79 Å². The number of carbonyl (C=O) groups excluding carboxylic acids is 1. The van der Waals surface area contributed by atoms with Gasteiger partial charge in [-0.05, 0) is 23.3 Å². The summed E-state index contributed by atoms with van der Waals surface area (Å²) in [6, 6.07) is 15.6. The van der Waals surface area contributed by atoms with Crippen LogP contribution < -0.4 is 14.8 Å². The van der Waals surface area contributed by atoms with E-state index in [2.05, 4.69) is 21.4 Å². The van der Waals surface area contributed by atoms with Crippen molar-refractivity contribution in [1.82, 2.24) is 10.2 Å². The number of hydrogen-bond donors (Lipinski definition) is 2. The number of terminal acetylenes is 1. The van der Waals surface area contributed by atoms with Crippen molar-refractivity contribution < 1.29 is 14.3 Å². The lowest BCUT2D eigenvalue weighted by atomic mass is 9.84. The minimum absolute atomic E-state index is 0.0739. The molecule has 0 radical (unpaired) electrons. The summed E-state index contributed by atoms with van der Waals surface area (Å²) < 4.78 is 11.0. The zero-order valence-electron chi connectivity index (χ0n) is 15.4. The number of nitrogens with zero attached hydrogens (tertiary/aromatic N) is 1. The van der Waals surface area contributed by atoms with Gasteiger partial charge in [0.15, 0.2) is 17.3 Å². The van der Waals surface area contributed by atoms with Crippen molar-refractivity contribution in [3.05, 3.63) is 59.7 Å². The first-order valence-corrected chi connectivity index (χ1v) is 8.89. The molecule has 0 fully saturated rings. The Labute approximate surface area is 162 Å². The minimum atomic E-state index is -0.159. The number of carbonyl (C=O) groups is 1. The Morgan fingerprint density at radius 2 is 2.04 bits per heavy atom. The van der Waals surface area contributed by atoms with Crippen molar-refractivity contribution in [3.8, 4) is 35.1 Å². The van der Waals surface area contributed by atoms with Crippen LogP contribution >= 0.6 is 0 Å². The van der Waals surface area contributed by atoms with Gasteiger partial charge in [-0.3, -0.25) is 9.89 Å². The maximum absolute atomic E-state index is 12.3. The van der Waals surface area contributed by atoms with Gasteiger partial charge in [-0.1, -0.05) is 42.3 Å². The molecule has 0 bridgehead atoms. The topological polar surface area (TPSA) is 76.2 Å². The first kappa shape index (κ1) is 17.7. The zero-order valence-corrected chi connectivity index (χ0v) is 15.4.